The minimum atomic E-state index is 0. The van der Waals surface area contributed by atoms with Crippen LogP contribution >= 0.6 is 23.2 Å². The third-order valence-electron chi connectivity index (χ3n) is 7.87. The van der Waals surface area contributed by atoms with Crippen LogP contribution < -0.4 is 5.32 Å². The second-order valence-electron chi connectivity index (χ2n) is 10.6. The summed E-state index contributed by atoms with van der Waals surface area (Å²) < 4.78 is 0. The molecule has 6 rings (SSSR count). The molecule has 2 atom stereocenters. The van der Waals surface area contributed by atoms with E-state index in [1.807, 2.05) is 24.3 Å². The topological polar surface area (TPSA) is 18.5 Å². The summed E-state index contributed by atoms with van der Waals surface area (Å²) in [5.41, 5.74) is 5.36. The van der Waals surface area contributed by atoms with Crippen molar-refractivity contribution in [2.24, 2.45) is 0 Å². The average Bonchev–Trinajstić information content (AvgIpc) is 3.02. The van der Waals surface area contributed by atoms with E-state index in [4.69, 9.17) is 23.2 Å². The predicted molar refractivity (Wildman–Crippen MR) is 176 cm³/mol. The van der Waals surface area contributed by atoms with Crippen LogP contribution in [0.3, 0.4) is 0 Å². The first-order chi connectivity index (χ1) is 19.7. The van der Waals surface area contributed by atoms with Gasteiger partial charge in [-0.1, -0.05) is 122 Å². The SMILES string of the molecule is C.Clc1ccc([C@@H](c2ccccc2)N2CCCCC2)cc1.Clc1ccc([C@@H](c2ccccc2)N2CCNCC2)cc1. The number of piperidine rings is 1. The molecule has 2 aliphatic rings. The van der Waals surface area contributed by atoms with Crippen molar-refractivity contribution < 1.29 is 0 Å². The molecule has 5 heteroatoms. The van der Waals surface area contributed by atoms with Crippen LogP contribution in [0.2, 0.25) is 10.0 Å². The van der Waals surface area contributed by atoms with Crippen molar-refractivity contribution in [2.45, 2.75) is 38.8 Å². The molecule has 41 heavy (non-hydrogen) atoms. The molecule has 4 aromatic rings. The van der Waals surface area contributed by atoms with Gasteiger partial charge >= 0.3 is 0 Å². The van der Waals surface area contributed by atoms with Crippen LogP contribution in [0.4, 0.5) is 0 Å². The zero-order chi connectivity index (χ0) is 27.6. The maximum Gasteiger partial charge on any atom is 0.0602 e. The molecule has 3 nitrogen and oxygen atoms in total. The Morgan fingerprint density at radius 3 is 1.24 bits per heavy atom. The Morgan fingerprint density at radius 1 is 0.463 bits per heavy atom. The van der Waals surface area contributed by atoms with Crippen molar-refractivity contribution in [1.82, 2.24) is 15.1 Å². The normalized spacial score (nSPS) is 17.4. The second kappa shape index (κ2) is 16.1. The lowest BCUT2D eigenvalue weighted by Gasteiger charge is -2.35. The highest BCUT2D eigenvalue weighted by Crippen LogP contribution is 2.32. The van der Waals surface area contributed by atoms with Gasteiger partial charge in [-0.2, -0.15) is 0 Å². The van der Waals surface area contributed by atoms with Gasteiger partial charge in [-0.15, -0.1) is 0 Å². The van der Waals surface area contributed by atoms with Crippen LogP contribution in [0.25, 0.3) is 0 Å². The molecule has 2 saturated heterocycles. The minimum absolute atomic E-state index is 0. The third-order valence-corrected chi connectivity index (χ3v) is 8.38. The first-order valence-corrected chi connectivity index (χ1v) is 15.2. The highest BCUT2D eigenvalue weighted by molar-refractivity contribution is 6.30. The molecule has 0 aromatic heterocycles. The number of piperazine rings is 1. The van der Waals surface area contributed by atoms with Gasteiger partial charge in [0, 0.05) is 36.2 Å². The Balaban J connectivity index is 0.000000184. The molecule has 2 aliphatic heterocycles. The number of nitrogens with one attached hydrogen (secondary N) is 1. The number of rotatable bonds is 6. The Kier molecular flexibility index (Phi) is 12.3. The lowest BCUT2D eigenvalue weighted by molar-refractivity contribution is 0.187. The molecular weight excluding hydrogens is 545 g/mol. The molecular formula is C36H43Cl2N3. The van der Waals surface area contributed by atoms with Crippen LogP contribution in [0.5, 0.6) is 0 Å². The number of hydrogen-bond donors (Lipinski definition) is 1. The standard InChI is InChI=1S/C18H20ClN.C17H19ClN2.CH4/c19-17-11-9-16(10-12-17)18(15-7-3-1-4-8-15)20-13-5-2-6-14-20;18-16-8-6-15(7-9-16)17(14-4-2-1-3-5-14)20-12-10-19-11-13-20;/h1,3-4,7-12,18H,2,5-6,13-14H2;1-9,17,19H,10-13H2;1H4/t18-;17-;/m11./s1. The molecule has 0 bridgehead atoms. The molecule has 0 aliphatic carbocycles. The van der Waals surface area contributed by atoms with Crippen molar-refractivity contribution in [3.8, 4) is 0 Å². The summed E-state index contributed by atoms with van der Waals surface area (Å²) in [4.78, 5) is 5.14. The van der Waals surface area contributed by atoms with Gasteiger partial charge in [-0.25, -0.2) is 0 Å². The Labute approximate surface area is 257 Å². The van der Waals surface area contributed by atoms with Crippen LogP contribution in [-0.4, -0.2) is 49.1 Å². The van der Waals surface area contributed by atoms with Crippen LogP contribution in [0.15, 0.2) is 109 Å². The van der Waals surface area contributed by atoms with Crippen molar-refractivity contribution >= 4 is 23.2 Å². The van der Waals surface area contributed by atoms with E-state index in [9.17, 15) is 0 Å². The van der Waals surface area contributed by atoms with Gasteiger partial charge in [0.2, 0.25) is 0 Å². The number of hydrogen-bond acceptors (Lipinski definition) is 3. The van der Waals surface area contributed by atoms with E-state index in [2.05, 4.69) is 100 Å². The summed E-state index contributed by atoms with van der Waals surface area (Å²) in [5, 5.41) is 5.02. The van der Waals surface area contributed by atoms with Gasteiger partial charge in [0.25, 0.3) is 0 Å². The molecule has 0 radical (unpaired) electrons. The van der Waals surface area contributed by atoms with E-state index in [0.29, 0.717) is 12.1 Å². The molecule has 0 saturated carbocycles. The van der Waals surface area contributed by atoms with Gasteiger partial charge in [0.05, 0.1) is 12.1 Å². The maximum atomic E-state index is 6.03. The van der Waals surface area contributed by atoms with E-state index >= 15 is 0 Å². The first kappa shape index (κ1) is 31.3. The smallest absolute Gasteiger partial charge is 0.0602 e. The molecule has 2 heterocycles. The van der Waals surface area contributed by atoms with Crippen LogP contribution in [0, 0.1) is 0 Å². The molecule has 4 aromatic carbocycles. The zero-order valence-corrected chi connectivity index (χ0v) is 24.6. The van der Waals surface area contributed by atoms with Gasteiger partial charge in [0.1, 0.15) is 0 Å². The zero-order valence-electron chi connectivity index (χ0n) is 23.1. The molecule has 2 fully saturated rings. The van der Waals surface area contributed by atoms with E-state index in [-0.39, 0.29) is 7.43 Å². The third kappa shape index (κ3) is 8.67. The summed E-state index contributed by atoms with van der Waals surface area (Å²) >= 11 is 12.1. The fourth-order valence-corrected chi connectivity index (χ4v) is 6.16. The van der Waals surface area contributed by atoms with Crippen molar-refractivity contribution in [3.05, 3.63) is 141 Å². The lowest BCUT2D eigenvalue weighted by atomic mass is 9.95. The van der Waals surface area contributed by atoms with Crippen LogP contribution in [-0.2, 0) is 0 Å². The summed E-state index contributed by atoms with van der Waals surface area (Å²) in [6, 6.07) is 38.7. The number of nitrogens with zero attached hydrogens (tertiary/aromatic N) is 2. The van der Waals surface area contributed by atoms with Gasteiger partial charge in [0.15, 0.2) is 0 Å². The number of likely N-dealkylation sites (tertiary alicyclic amines) is 1. The van der Waals surface area contributed by atoms with E-state index in [1.165, 1.54) is 54.6 Å². The highest BCUT2D eigenvalue weighted by atomic mass is 35.5. The van der Waals surface area contributed by atoms with E-state index in [1.54, 1.807) is 0 Å². The molecule has 0 amide bonds. The number of benzene rings is 4. The molecule has 216 valence electrons. The Hall–Kier alpha value is -2.66. The van der Waals surface area contributed by atoms with Crippen molar-refractivity contribution in [2.75, 3.05) is 39.3 Å². The van der Waals surface area contributed by atoms with Crippen molar-refractivity contribution in [3.63, 3.8) is 0 Å². The fraction of sp³-hybridized carbons (Fsp3) is 0.333. The Bertz CT molecular complexity index is 1170. The van der Waals surface area contributed by atoms with Gasteiger partial charge in [-0.05, 0) is 72.5 Å². The van der Waals surface area contributed by atoms with E-state index in [0.717, 1.165) is 36.2 Å². The van der Waals surface area contributed by atoms with Gasteiger partial charge in [-0.3, -0.25) is 9.80 Å². The predicted octanol–water partition coefficient (Wildman–Crippen LogP) is 8.89. The highest BCUT2D eigenvalue weighted by Gasteiger charge is 2.24. The maximum absolute atomic E-state index is 6.03. The minimum Gasteiger partial charge on any atom is -0.314 e. The second-order valence-corrected chi connectivity index (χ2v) is 11.5. The summed E-state index contributed by atoms with van der Waals surface area (Å²) in [5.74, 6) is 0. The van der Waals surface area contributed by atoms with E-state index < -0.39 is 0 Å². The summed E-state index contributed by atoms with van der Waals surface area (Å²) in [6.45, 7) is 6.61. The molecule has 0 spiro atoms. The number of halogens is 2. The quantitative estimate of drug-likeness (QED) is 0.243. The summed E-state index contributed by atoms with van der Waals surface area (Å²) in [7, 11) is 0. The largest absolute Gasteiger partial charge is 0.314 e. The van der Waals surface area contributed by atoms with Crippen LogP contribution in [0.1, 0.15) is 61.0 Å². The molecule has 1 N–H and O–H groups in total. The summed E-state index contributed by atoms with van der Waals surface area (Å²) in [6.07, 6.45) is 3.96. The lowest BCUT2D eigenvalue weighted by Crippen LogP contribution is -2.45. The van der Waals surface area contributed by atoms with Crippen molar-refractivity contribution in [1.29, 1.82) is 0 Å². The first-order valence-electron chi connectivity index (χ1n) is 14.5. The Morgan fingerprint density at radius 2 is 0.829 bits per heavy atom. The van der Waals surface area contributed by atoms with Gasteiger partial charge < -0.3 is 5.32 Å². The monoisotopic (exact) mass is 587 g/mol. The fourth-order valence-electron chi connectivity index (χ4n) is 5.91. The average molecular weight is 589 g/mol. The molecule has 0 unspecified atom stereocenters.